The van der Waals surface area contributed by atoms with Gasteiger partial charge in [-0.2, -0.15) is 0 Å². The van der Waals surface area contributed by atoms with E-state index in [9.17, 15) is 4.79 Å². The van der Waals surface area contributed by atoms with Crippen molar-refractivity contribution in [3.8, 4) is 11.1 Å². The average Bonchev–Trinajstić information content (AvgIpc) is 2.75. The third kappa shape index (κ3) is 4.97. The van der Waals surface area contributed by atoms with Crippen molar-refractivity contribution >= 4 is 17.4 Å². The Labute approximate surface area is 170 Å². The highest BCUT2D eigenvalue weighted by atomic mass is 16.5. The Hall–Kier alpha value is -3.25. The molecule has 148 valence electrons. The lowest BCUT2D eigenvalue weighted by Crippen LogP contribution is -2.36. The van der Waals surface area contributed by atoms with Crippen molar-refractivity contribution in [2.75, 3.05) is 36.5 Å². The first kappa shape index (κ1) is 19.1. The van der Waals surface area contributed by atoms with E-state index in [1.807, 2.05) is 61.7 Å². The Morgan fingerprint density at radius 3 is 2.52 bits per heavy atom. The van der Waals surface area contributed by atoms with Crippen molar-refractivity contribution < 1.29 is 9.53 Å². The molecule has 1 aliphatic heterocycles. The Bertz CT molecular complexity index is 965. The maximum absolute atomic E-state index is 12.4. The Kier molecular flexibility index (Phi) is 5.81. The fraction of sp³-hybridized carbons (Fsp3) is 0.261. The van der Waals surface area contributed by atoms with Crippen LogP contribution in [-0.4, -0.2) is 42.2 Å². The smallest absolute Gasteiger partial charge is 0.229 e. The zero-order chi connectivity index (χ0) is 20.1. The van der Waals surface area contributed by atoms with Gasteiger partial charge in [-0.15, -0.1) is 0 Å². The molecule has 0 saturated carbocycles. The number of rotatable bonds is 5. The maximum Gasteiger partial charge on any atom is 0.229 e. The summed E-state index contributed by atoms with van der Waals surface area (Å²) in [5.74, 6) is 0.486. The summed E-state index contributed by atoms with van der Waals surface area (Å²) >= 11 is 0. The number of pyridine rings is 2. The monoisotopic (exact) mass is 388 g/mol. The molecule has 2 aromatic heterocycles. The van der Waals surface area contributed by atoms with Gasteiger partial charge in [-0.25, -0.2) is 4.98 Å². The van der Waals surface area contributed by atoms with E-state index >= 15 is 0 Å². The number of morpholine rings is 1. The zero-order valence-corrected chi connectivity index (χ0v) is 16.5. The van der Waals surface area contributed by atoms with Crippen molar-refractivity contribution in [1.82, 2.24) is 9.97 Å². The van der Waals surface area contributed by atoms with Crippen molar-refractivity contribution in [2.24, 2.45) is 0 Å². The number of aromatic nitrogens is 2. The third-order valence-corrected chi connectivity index (χ3v) is 4.94. The molecular formula is C23H24N4O2. The first-order valence-corrected chi connectivity index (χ1v) is 9.78. The van der Waals surface area contributed by atoms with Gasteiger partial charge in [0, 0.05) is 25.0 Å². The standard InChI is InChI=1S/C23H24N4O2/c1-17-14-20(8-9-24-17)19-4-2-18(3-5-19)15-23(28)26-22-7-6-21(16-25-22)27-10-12-29-13-11-27/h2-9,14,16H,10-13,15H2,1H3,(H,25,26,28). The van der Waals surface area contributed by atoms with Gasteiger partial charge in [-0.3, -0.25) is 9.78 Å². The number of benzene rings is 1. The van der Waals surface area contributed by atoms with Crippen LogP contribution in [-0.2, 0) is 16.0 Å². The molecular weight excluding hydrogens is 364 g/mol. The number of hydrogen-bond donors (Lipinski definition) is 1. The van der Waals surface area contributed by atoms with Crippen LogP contribution in [0.25, 0.3) is 11.1 Å². The normalized spacial score (nSPS) is 13.9. The number of hydrogen-bond acceptors (Lipinski definition) is 5. The number of carbonyl (C=O) groups is 1. The fourth-order valence-corrected chi connectivity index (χ4v) is 3.38. The van der Waals surface area contributed by atoms with Gasteiger partial charge in [0.05, 0.1) is 31.5 Å². The molecule has 6 nitrogen and oxygen atoms in total. The molecule has 4 rings (SSSR count). The van der Waals surface area contributed by atoms with Crippen LogP contribution in [0.4, 0.5) is 11.5 Å². The predicted molar refractivity (Wildman–Crippen MR) is 114 cm³/mol. The van der Waals surface area contributed by atoms with E-state index in [1.165, 1.54) is 0 Å². The van der Waals surface area contributed by atoms with Crippen molar-refractivity contribution in [3.05, 3.63) is 72.2 Å². The van der Waals surface area contributed by atoms with Crippen LogP contribution in [0.5, 0.6) is 0 Å². The molecule has 1 aromatic carbocycles. The number of nitrogens with one attached hydrogen (secondary N) is 1. The van der Waals surface area contributed by atoms with Gasteiger partial charge in [0.15, 0.2) is 0 Å². The molecule has 1 saturated heterocycles. The predicted octanol–water partition coefficient (Wildman–Crippen LogP) is 3.47. The minimum Gasteiger partial charge on any atom is -0.378 e. The number of anilines is 2. The molecule has 6 heteroatoms. The minimum atomic E-state index is -0.0795. The molecule has 1 fully saturated rings. The molecule has 3 aromatic rings. The quantitative estimate of drug-likeness (QED) is 0.725. The van der Waals surface area contributed by atoms with Crippen LogP contribution < -0.4 is 10.2 Å². The molecule has 0 bridgehead atoms. The number of nitrogens with zero attached hydrogens (tertiary/aromatic N) is 3. The Balaban J connectivity index is 1.34. The molecule has 0 unspecified atom stereocenters. The van der Waals surface area contributed by atoms with E-state index in [4.69, 9.17) is 4.74 Å². The van der Waals surface area contributed by atoms with Crippen LogP contribution in [0.1, 0.15) is 11.3 Å². The molecule has 1 aliphatic rings. The average molecular weight is 388 g/mol. The van der Waals surface area contributed by atoms with Gasteiger partial charge in [0.1, 0.15) is 5.82 Å². The number of carbonyl (C=O) groups excluding carboxylic acids is 1. The van der Waals surface area contributed by atoms with Crippen LogP contribution in [0, 0.1) is 6.92 Å². The van der Waals surface area contributed by atoms with E-state index < -0.39 is 0 Å². The second-order valence-electron chi connectivity index (χ2n) is 7.11. The van der Waals surface area contributed by atoms with Crippen molar-refractivity contribution in [3.63, 3.8) is 0 Å². The molecule has 3 heterocycles. The van der Waals surface area contributed by atoms with Crippen LogP contribution in [0.15, 0.2) is 60.9 Å². The fourth-order valence-electron chi connectivity index (χ4n) is 3.38. The van der Waals surface area contributed by atoms with E-state index in [1.54, 1.807) is 6.20 Å². The van der Waals surface area contributed by atoms with Crippen LogP contribution >= 0.6 is 0 Å². The van der Waals surface area contributed by atoms with Gasteiger partial charge in [0.2, 0.25) is 5.91 Å². The highest BCUT2D eigenvalue weighted by Crippen LogP contribution is 2.20. The van der Waals surface area contributed by atoms with Gasteiger partial charge in [0.25, 0.3) is 0 Å². The highest BCUT2D eigenvalue weighted by molar-refractivity contribution is 5.91. The molecule has 1 N–H and O–H groups in total. The zero-order valence-electron chi connectivity index (χ0n) is 16.5. The van der Waals surface area contributed by atoms with Crippen molar-refractivity contribution in [1.29, 1.82) is 0 Å². The van der Waals surface area contributed by atoms with Gasteiger partial charge in [-0.05, 0) is 47.9 Å². The van der Waals surface area contributed by atoms with E-state index in [-0.39, 0.29) is 5.91 Å². The summed E-state index contributed by atoms with van der Waals surface area (Å²) in [5, 5.41) is 2.87. The second kappa shape index (κ2) is 8.84. The first-order valence-electron chi connectivity index (χ1n) is 9.78. The summed E-state index contributed by atoms with van der Waals surface area (Å²) in [6.07, 6.45) is 3.92. The summed E-state index contributed by atoms with van der Waals surface area (Å²) < 4.78 is 5.37. The van der Waals surface area contributed by atoms with Gasteiger partial charge in [-0.1, -0.05) is 24.3 Å². The lowest BCUT2D eigenvalue weighted by Gasteiger charge is -2.28. The van der Waals surface area contributed by atoms with Crippen LogP contribution in [0.3, 0.4) is 0 Å². The lowest BCUT2D eigenvalue weighted by molar-refractivity contribution is -0.115. The lowest BCUT2D eigenvalue weighted by atomic mass is 10.0. The molecule has 0 spiro atoms. The van der Waals surface area contributed by atoms with Crippen LogP contribution in [0.2, 0.25) is 0 Å². The topological polar surface area (TPSA) is 67.4 Å². The Morgan fingerprint density at radius 1 is 1.03 bits per heavy atom. The third-order valence-electron chi connectivity index (χ3n) is 4.94. The molecule has 0 radical (unpaired) electrons. The largest absolute Gasteiger partial charge is 0.378 e. The molecule has 0 aliphatic carbocycles. The van der Waals surface area contributed by atoms with Gasteiger partial charge < -0.3 is 15.0 Å². The number of ether oxygens (including phenoxy) is 1. The van der Waals surface area contributed by atoms with E-state index in [0.29, 0.717) is 12.2 Å². The first-order chi connectivity index (χ1) is 14.2. The van der Waals surface area contributed by atoms with E-state index in [2.05, 4.69) is 20.2 Å². The van der Waals surface area contributed by atoms with E-state index in [0.717, 1.165) is 54.4 Å². The molecule has 1 amide bonds. The summed E-state index contributed by atoms with van der Waals surface area (Å²) in [5.41, 5.74) is 5.23. The summed E-state index contributed by atoms with van der Waals surface area (Å²) in [4.78, 5) is 23.2. The van der Waals surface area contributed by atoms with Crippen molar-refractivity contribution in [2.45, 2.75) is 13.3 Å². The minimum absolute atomic E-state index is 0.0795. The summed E-state index contributed by atoms with van der Waals surface area (Å²) in [7, 11) is 0. The Morgan fingerprint density at radius 2 is 1.83 bits per heavy atom. The summed E-state index contributed by atoms with van der Waals surface area (Å²) in [6.45, 7) is 5.17. The highest BCUT2D eigenvalue weighted by Gasteiger charge is 2.12. The molecule has 29 heavy (non-hydrogen) atoms. The maximum atomic E-state index is 12.4. The van der Waals surface area contributed by atoms with Gasteiger partial charge >= 0.3 is 0 Å². The number of amides is 1. The molecule has 0 atom stereocenters. The summed E-state index contributed by atoms with van der Waals surface area (Å²) in [6, 6.07) is 15.9. The SMILES string of the molecule is Cc1cc(-c2ccc(CC(=O)Nc3ccc(N4CCOCC4)cn3)cc2)ccn1. The number of aryl methyl sites for hydroxylation is 1. The second-order valence-corrected chi connectivity index (χ2v) is 7.11.